The molecule has 2 nitrogen and oxygen atoms in total. The van der Waals surface area contributed by atoms with Crippen molar-refractivity contribution in [2.45, 2.75) is 71.0 Å². The van der Waals surface area contributed by atoms with Crippen LogP contribution in [0.2, 0.25) is 0 Å². The molecule has 3 heteroatoms. The summed E-state index contributed by atoms with van der Waals surface area (Å²) in [7, 11) is 2.31. The molecular formula is C17H30N2S. The van der Waals surface area contributed by atoms with Crippen molar-refractivity contribution in [2.75, 3.05) is 13.6 Å². The van der Waals surface area contributed by atoms with Crippen LogP contribution in [0.25, 0.3) is 0 Å². The van der Waals surface area contributed by atoms with Gasteiger partial charge in [-0.15, -0.1) is 11.3 Å². The van der Waals surface area contributed by atoms with Gasteiger partial charge in [0.25, 0.3) is 0 Å². The van der Waals surface area contributed by atoms with Crippen LogP contribution in [0.5, 0.6) is 0 Å². The first-order chi connectivity index (χ1) is 9.79. The van der Waals surface area contributed by atoms with Crippen LogP contribution in [0.4, 0.5) is 0 Å². The van der Waals surface area contributed by atoms with Crippen LogP contribution >= 0.6 is 11.3 Å². The quantitative estimate of drug-likeness (QED) is 0.592. The predicted molar refractivity (Wildman–Crippen MR) is 89.3 cm³/mol. The van der Waals surface area contributed by atoms with E-state index in [9.17, 15) is 0 Å². The number of hydrogen-bond donors (Lipinski definition) is 1. The zero-order valence-corrected chi connectivity index (χ0v) is 14.0. The Hall–Kier alpha value is -0.380. The van der Waals surface area contributed by atoms with Gasteiger partial charge in [0, 0.05) is 28.9 Å². The fourth-order valence-electron chi connectivity index (χ4n) is 3.06. The summed E-state index contributed by atoms with van der Waals surface area (Å²) in [5.41, 5.74) is 0. The van der Waals surface area contributed by atoms with Gasteiger partial charge in [-0.25, -0.2) is 0 Å². The fraction of sp³-hybridized carbons (Fsp3) is 0.765. The van der Waals surface area contributed by atoms with Crippen molar-refractivity contribution in [3.05, 3.63) is 21.9 Å². The third-order valence-corrected chi connectivity index (χ3v) is 5.37. The Bertz CT molecular complexity index is 367. The summed E-state index contributed by atoms with van der Waals surface area (Å²) < 4.78 is 0. The van der Waals surface area contributed by atoms with E-state index in [4.69, 9.17) is 0 Å². The Morgan fingerprint density at radius 2 is 1.85 bits per heavy atom. The number of nitrogens with zero attached hydrogens (tertiary/aromatic N) is 1. The molecule has 0 saturated heterocycles. The summed E-state index contributed by atoms with van der Waals surface area (Å²) in [6, 6.07) is 5.42. The Kier molecular flexibility index (Phi) is 7.05. The van der Waals surface area contributed by atoms with Crippen molar-refractivity contribution in [3.8, 4) is 0 Å². The molecule has 1 aromatic rings. The first-order valence-corrected chi connectivity index (χ1v) is 9.09. The van der Waals surface area contributed by atoms with Gasteiger partial charge in [0.05, 0.1) is 0 Å². The zero-order valence-electron chi connectivity index (χ0n) is 13.2. The van der Waals surface area contributed by atoms with E-state index in [-0.39, 0.29) is 0 Å². The molecule has 1 aliphatic rings. The molecule has 2 rings (SSSR count). The van der Waals surface area contributed by atoms with Crippen molar-refractivity contribution in [1.29, 1.82) is 0 Å². The van der Waals surface area contributed by atoms with Crippen molar-refractivity contribution in [2.24, 2.45) is 0 Å². The molecule has 0 atom stereocenters. The molecule has 0 aromatic carbocycles. The second-order valence-corrected chi connectivity index (χ2v) is 7.36. The van der Waals surface area contributed by atoms with E-state index in [1.54, 1.807) is 0 Å². The molecule has 0 bridgehead atoms. The van der Waals surface area contributed by atoms with Gasteiger partial charge in [0.2, 0.25) is 0 Å². The monoisotopic (exact) mass is 294 g/mol. The second-order valence-electron chi connectivity index (χ2n) is 6.11. The molecule has 0 aliphatic heterocycles. The molecule has 1 fully saturated rings. The minimum Gasteiger partial charge on any atom is -0.312 e. The standard InChI is InChI=1S/C17H30N2S/c1-3-12-18-13-16-10-11-17(20-16)14-19(2)15-8-6-4-5-7-9-15/h10-11,15,18H,3-9,12-14H2,1-2H3. The van der Waals surface area contributed by atoms with Crippen LogP contribution in [-0.4, -0.2) is 24.5 Å². The largest absolute Gasteiger partial charge is 0.312 e. The van der Waals surface area contributed by atoms with E-state index >= 15 is 0 Å². The Balaban J connectivity index is 1.79. The lowest BCUT2D eigenvalue weighted by Crippen LogP contribution is -2.30. The molecule has 1 heterocycles. The summed E-state index contributed by atoms with van der Waals surface area (Å²) in [6.07, 6.45) is 9.73. The summed E-state index contributed by atoms with van der Waals surface area (Å²) in [5, 5.41) is 3.49. The number of hydrogen-bond acceptors (Lipinski definition) is 3. The maximum atomic E-state index is 3.49. The van der Waals surface area contributed by atoms with Gasteiger partial charge in [0.1, 0.15) is 0 Å². The topological polar surface area (TPSA) is 15.3 Å². The van der Waals surface area contributed by atoms with Gasteiger partial charge in [-0.2, -0.15) is 0 Å². The molecule has 1 aliphatic carbocycles. The highest BCUT2D eigenvalue weighted by Gasteiger charge is 2.17. The second kappa shape index (κ2) is 8.81. The van der Waals surface area contributed by atoms with Crippen LogP contribution < -0.4 is 5.32 Å². The predicted octanol–water partition coefficient (Wildman–Crippen LogP) is 4.40. The molecule has 1 aromatic heterocycles. The summed E-state index contributed by atoms with van der Waals surface area (Å²) in [4.78, 5) is 5.58. The maximum absolute atomic E-state index is 3.49. The summed E-state index contributed by atoms with van der Waals surface area (Å²) in [6.45, 7) is 5.50. The molecule has 20 heavy (non-hydrogen) atoms. The highest BCUT2D eigenvalue weighted by molar-refractivity contribution is 7.11. The lowest BCUT2D eigenvalue weighted by Gasteiger charge is -2.26. The minimum atomic E-state index is 0.807. The van der Waals surface area contributed by atoms with Crippen molar-refractivity contribution in [1.82, 2.24) is 10.2 Å². The Labute approximate surface area is 128 Å². The molecule has 0 radical (unpaired) electrons. The molecule has 114 valence electrons. The summed E-state index contributed by atoms with van der Waals surface area (Å²) in [5.74, 6) is 0. The highest BCUT2D eigenvalue weighted by Crippen LogP contribution is 2.24. The molecule has 0 amide bonds. The smallest absolute Gasteiger partial charge is 0.0327 e. The van der Waals surface area contributed by atoms with E-state index < -0.39 is 0 Å². The van der Waals surface area contributed by atoms with Gasteiger partial charge in [-0.1, -0.05) is 32.6 Å². The van der Waals surface area contributed by atoms with E-state index in [2.05, 4.69) is 36.3 Å². The average molecular weight is 295 g/mol. The molecular weight excluding hydrogens is 264 g/mol. The average Bonchev–Trinajstić information content (AvgIpc) is 2.72. The van der Waals surface area contributed by atoms with Crippen LogP contribution in [-0.2, 0) is 13.1 Å². The van der Waals surface area contributed by atoms with E-state index in [0.29, 0.717) is 0 Å². The highest BCUT2D eigenvalue weighted by atomic mass is 32.1. The van der Waals surface area contributed by atoms with Crippen LogP contribution in [0, 0.1) is 0 Å². The molecule has 1 N–H and O–H groups in total. The minimum absolute atomic E-state index is 0.807. The van der Waals surface area contributed by atoms with Crippen molar-refractivity contribution >= 4 is 11.3 Å². The van der Waals surface area contributed by atoms with Gasteiger partial charge < -0.3 is 5.32 Å². The normalized spacial score (nSPS) is 17.6. The molecule has 0 unspecified atom stereocenters. The van der Waals surface area contributed by atoms with Crippen molar-refractivity contribution < 1.29 is 0 Å². The van der Waals surface area contributed by atoms with E-state index in [0.717, 1.165) is 25.7 Å². The lowest BCUT2D eigenvalue weighted by molar-refractivity contribution is 0.215. The van der Waals surface area contributed by atoms with Crippen LogP contribution in [0.15, 0.2) is 12.1 Å². The Morgan fingerprint density at radius 3 is 2.55 bits per heavy atom. The third kappa shape index (κ3) is 5.19. The number of rotatable bonds is 7. The zero-order chi connectivity index (χ0) is 14.2. The fourth-order valence-corrected chi connectivity index (χ4v) is 4.12. The Morgan fingerprint density at radius 1 is 1.15 bits per heavy atom. The first-order valence-electron chi connectivity index (χ1n) is 8.28. The summed E-state index contributed by atoms with van der Waals surface area (Å²) >= 11 is 1.98. The maximum Gasteiger partial charge on any atom is 0.0327 e. The number of nitrogens with one attached hydrogen (secondary N) is 1. The SMILES string of the molecule is CCCNCc1ccc(CN(C)C2CCCCCC2)s1. The number of thiophene rings is 1. The van der Waals surface area contributed by atoms with Gasteiger partial charge >= 0.3 is 0 Å². The van der Waals surface area contributed by atoms with E-state index in [1.807, 2.05) is 11.3 Å². The van der Waals surface area contributed by atoms with Crippen LogP contribution in [0.1, 0.15) is 61.6 Å². The lowest BCUT2D eigenvalue weighted by atomic mass is 10.1. The third-order valence-electron chi connectivity index (χ3n) is 4.30. The van der Waals surface area contributed by atoms with Gasteiger partial charge in [-0.05, 0) is 45.0 Å². The van der Waals surface area contributed by atoms with Crippen LogP contribution in [0.3, 0.4) is 0 Å². The van der Waals surface area contributed by atoms with Crippen molar-refractivity contribution in [3.63, 3.8) is 0 Å². The molecule has 0 spiro atoms. The van der Waals surface area contributed by atoms with Gasteiger partial charge in [-0.3, -0.25) is 4.90 Å². The van der Waals surface area contributed by atoms with Gasteiger partial charge in [0.15, 0.2) is 0 Å². The first kappa shape index (κ1) is 16.0. The molecule has 1 saturated carbocycles. The van der Waals surface area contributed by atoms with E-state index in [1.165, 1.54) is 54.7 Å².